The molecule has 29 heavy (non-hydrogen) atoms. The molecule has 5 nitrogen and oxygen atoms in total. The van der Waals surface area contributed by atoms with Gasteiger partial charge in [-0.1, -0.05) is 12.1 Å². The maximum Gasteiger partial charge on any atom is 0.246 e. The lowest BCUT2D eigenvalue weighted by Crippen LogP contribution is -2.49. The third-order valence-corrected chi connectivity index (χ3v) is 5.10. The number of allylic oxidation sites excluding steroid dienone is 1. The first-order chi connectivity index (χ1) is 14.0. The van der Waals surface area contributed by atoms with Crippen LogP contribution in [-0.2, 0) is 4.79 Å². The number of halogens is 1. The summed E-state index contributed by atoms with van der Waals surface area (Å²) in [6.07, 6.45) is 1.65. The molecule has 0 unspecified atom stereocenters. The number of Topliss-reactive ketones (excluding diaryl/α,β-unsaturated/α-hetero) is 1. The highest BCUT2D eigenvalue weighted by Gasteiger charge is 2.22. The minimum Gasteiger partial charge on any atom is -0.497 e. The number of hydrogen-bond acceptors (Lipinski definition) is 4. The van der Waals surface area contributed by atoms with Crippen LogP contribution >= 0.6 is 0 Å². The van der Waals surface area contributed by atoms with Crippen molar-refractivity contribution in [2.75, 3.05) is 39.8 Å². The van der Waals surface area contributed by atoms with Crippen LogP contribution in [0.2, 0.25) is 0 Å². The van der Waals surface area contributed by atoms with Gasteiger partial charge in [-0.3, -0.25) is 14.5 Å². The number of methoxy groups -OCH3 is 1. The first kappa shape index (κ1) is 20.7. The first-order valence-corrected chi connectivity index (χ1v) is 9.59. The van der Waals surface area contributed by atoms with Crippen molar-refractivity contribution in [1.82, 2.24) is 9.80 Å². The van der Waals surface area contributed by atoms with Crippen molar-refractivity contribution in [2.24, 2.45) is 0 Å². The highest BCUT2D eigenvalue weighted by molar-refractivity contribution is 5.97. The predicted octanol–water partition coefficient (Wildman–Crippen LogP) is 3.26. The Morgan fingerprint density at radius 1 is 0.966 bits per heavy atom. The van der Waals surface area contributed by atoms with E-state index in [-0.39, 0.29) is 24.1 Å². The third kappa shape index (κ3) is 5.51. The van der Waals surface area contributed by atoms with E-state index in [1.807, 2.05) is 36.1 Å². The average Bonchev–Trinajstić information content (AvgIpc) is 2.74. The lowest BCUT2D eigenvalue weighted by atomic mass is 10.1. The molecule has 0 bridgehead atoms. The van der Waals surface area contributed by atoms with E-state index >= 15 is 0 Å². The average molecular weight is 396 g/mol. The molecule has 0 aromatic heterocycles. The van der Waals surface area contributed by atoms with E-state index in [1.54, 1.807) is 18.1 Å². The van der Waals surface area contributed by atoms with Crippen molar-refractivity contribution in [2.45, 2.75) is 6.92 Å². The van der Waals surface area contributed by atoms with Crippen molar-refractivity contribution in [1.29, 1.82) is 0 Å². The number of carbonyl (C=O) groups is 2. The molecule has 2 aromatic rings. The molecule has 0 N–H and O–H groups in total. The van der Waals surface area contributed by atoms with Crippen molar-refractivity contribution in [3.63, 3.8) is 0 Å². The lowest BCUT2D eigenvalue weighted by molar-refractivity contribution is -0.127. The Kier molecular flexibility index (Phi) is 6.77. The van der Waals surface area contributed by atoms with Crippen LogP contribution in [0.15, 0.2) is 54.6 Å². The second-order valence-electron chi connectivity index (χ2n) is 7.09. The minimum atomic E-state index is -0.355. The van der Waals surface area contributed by atoms with Gasteiger partial charge in [-0.15, -0.1) is 0 Å². The number of amides is 1. The molecule has 0 atom stereocenters. The molecule has 0 saturated carbocycles. The van der Waals surface area contributed by atoms with Crippen LogP contribution in [0.25, 0.3) is 5.57 Å². The van der Waals surface area contributed by atoms with Gasteiger partial charge < -0.3 is 9.64 Å². The van der Waals surface area contributed by atoms with E-state index in [2.05, 4.69) is 0 Å². The maximum atomic E-state index is 13.0. The molecule has 3 rings (SSSR count). The Morgan fingerprint density at radius 2 is 1.55 bits per heavy atom. The van der Waals surface area contributed by atoms with E-state index in [0.717, 1.165) is 16.9 Å². The molecule has 1 heterocycles. The Bertz CT molecular complexity index is 883. The fourth-order valence-corrected chi connectivity index (χ4v) is 3.27. The summed E-state index contributed by atoms with van der Waals surface area (Å²) in [5.41, 5.74) is 2.37. The molecule has 152 valence electrons. The molecular formula is C23H25FN2O3. The molecule has 2 aromatic carbocycles. The summed E-state index contributed by atoms with van der Waals surface area (Å²) >= 11 is 0. The van der Waals surface area contributed by atoms with Crippen LogP contribution in [0.1, 0.15) is 22.8 Å². The van der Waals surface area contributed by atoms with Crippen molar-refractivity contribution in [3.8, 4) is 5.75 Å². The standard InChI is InChI=1S/C23H25FN2O3/c1-17(18-5-9-21(29-2)10-6-18)15-23(28)26-13-11-25(12-14-26)16-22(27)19-3-7-20(24)8-4-19/h3-10,15H,11-14,16H2,1-2H3/b17-15+. The number of piperazine rings is 1. The fourth-order valence-electron chi connectivity index (χ4n) is 3.27. The number of benzene rings is 2. The number of rotatable bonds is 6. The summed E-state index contributed by atoms with van der Waals surface area (Å²) in [5.74, 6) is 0.355. The van der Waals surface area contributed by atoms with Gasteiger partial charge in [0.15, 0.2) is 5.78 Å². The molecule has 1 aliphatic rings. The Morgan fingerprint density at radius 3 is 2.14 bits per heavy atom. The number of nitrogens with zero attached hydrogens (tertiary/aromatic N) is 2. The zero-order valence-electron chi connectivity index (χ0n) is 16.7. The second-order valence-corrected chi connectivity index (χ2v) is 7.09. The summed E-state index contributed by atoms with van der Waals surface area (Å²) in [6.45, 7) is 4.59. The molecule has 1 saturated heterocycles. The summed E-state index contributed by atoms with van der Waals surface area (Å²) in [4.78, 5) is 28.7. The van der Waals surface area contributed by atoms with Crippen molar-refractivity contribution < 1.29 is 18.7 Å². The van der Waals surface area contributed by atoms with Crippen LogP contribution in [0.5, 0.6) is 5.75 Å². The fraction of sp³-hybridized carbons (Fsp3) is 0.304. The van der Waals surface area contributed by atoms with E-state index < -0.39 is 0 Å². The van der Waals surface area contributed by atoms with Crippen LogP contribution < -0.4 is 4.74 Å². The first-order valence-electron chi connectivity index (χ1n) is 9.59. The van der Waals surface area contributed by atoms with Gasteiger partial charge in [-0.2, -0.15) is 0 Å². The monoisotopic (exact) mass is 396 g/mol. The molecular weight excluding hydrogens is 371 g/mol. The molecule has 0 spiro atoms. The number of hydrogen-bond donors (Lipinski definition) is 0. The number of carbonyl (C=O) groups excluding carboxylic acids is 2. The van der Waals surface area contributed by atoms with Gasteiger partial charge in [0.25, 0.3) is 0 Å². The summed E-state index contributed by atoms with van der Waals surface area (Å²) in [6, 6.07) is 13.2. The summed E-state index contributed by atoms with van der Waals surface area (Å²) in [7, 11) is 1.62. The highest BCUT2D eigenvalue weighted by atomic mass is 19.1. The van der Waals surface area contributed by atoms with Gasteiger partial charge in [0.1, 0.15) is 11.6 Å². The van der Waals surface area contributed by atoms with Crippen LogP contribution in [0.4, 0.5) is 4.39 Å². The van der Waals surface area contributed by atoms with E-state index in [9.17, 15) is 14.0 Å². The SMILES string of the molecule is COc1ccc(/C(C)=C/C(=O)N2CCN(CC(=O)c3ccc(F)cc3)CC2)cc1. The third-order valence-electron chi connectivity index (χ3n) is 5.10. The number of ketones is 1. The zero-order chi connectivity index (χ0) is 20.8. The quantitative estimate of drug-likeness (QED) is 0.556. The normalized spacial score (nSPS) is 15.3. The molecule has 0 aliphatic carbocycles. The zero-order valence-corrected chi connectivity index (χ0v) is 16.7. The van der Waals surface area contributed by atoms with Gasteiger partial charge in [0, 0.05) is 37.8 Å². The largest absolute Gasteiger partial charge is 0.497 e. The van der Waals surface area contributed by atoms with E-state index in [1.165, 1.54) is 24.3 Å². The van der Waals surface area contributed by atoms with Crippen LogP contribution in [-0.4, -0.2) is 61.3 Å². The van der Waals surface area contributed by atoms with E-state index in [4.69, 9.17) is 4.74 Å². The predicted molar refractivity (Wildman–Crippen MR) is 110 cm³/mol. The second kappa shape index (κ2) is 9.47. The molecule has 6 heteroatoms. The minimum absolute atomic E-state index is 0.0252. The smallest absolute Gasteiger partial charge is 0.246 e. The van der Waals surface area contributed by atoms with Gasteiger partial charge in [-0.05, 0) is 54.5 Å². The lowest BCUT2D eigenvalue weighted by Gasteiger charge is -2.33. The topological polar surface area (TPSA) is 49.9 Å². The maximum absolute atomic E-state index is 13.0. The molecule has 1 fully saturated rings. The molecule has 1 amide bonds. The van der Waals surface area contributed by atoms with Crippen molar-refractivity contribution >= 4 is 17.3 Å². The summed E-state index contributed by atoms with van der Waals surface area (Å²) in [5, 5.41) is 0. The van der Waals surface area contributed by atoms with Crippen LogP contribution in [0, 0.1) is 5.82 Å². The molecule has 0 radical (unpaired) electrons. The van der Waals surface area contributed by atoms with Gasteiger partial charge in [0.05, 0.1) is 13.7 Å². The van der Waals surface area contributed by atoms with Gasteiger partial charge >= 0.3 is 0 Å². The van der Waals surface area contributed by atoms with Crippen LogP contribution in [0.3, 0.4) is 0 Å². The Balaban J connectivity index is 1.52. The highest BCUT2D eigenvalue weighted by Crippen LogP contribution is 2.18. The van der Waals surface area contributed by atoms with Crippen molar-refractivity contribution in [3.05, 3.63) is 71.6 Å². The Labute approximate surface area is 170 Å². The summed E-state index contributed by atoms with van der Waals surface area (Å²) < 4.78 is 18.1. The molecule has 1 aliphatic heterocycles. The van der Waals surface area contributed by atoms with Gasteiger partial charge in [-0.25, -0.2) is 4.39 Å². The van der Waals surface area contributed by atoms with E-state index in [0.29, 0.717) is 31.7 Å². The number of ether oxygens (including phenoxy) is 1. The Hall–Kier alpha value is -2.99. The van der Waals surface area contributed by atoms with Gasteiger partial charge in [0.2, 0.25) is 5.91 Å².